The van der Waals surface area contributed by atoms with Gasteiger partial charge in [0.2, 0.25) is 0 Å². The molecule has 0 bridgehead atoms. The first-order valence-corrected chi connectivity index (χ1v) is 14.2. The largest absolute Gasteiger partial charge is 2.00 e. The van der Waals surface area contributed by atoms with E-state index < -0.39 is 0 Å². The van der Waals surface area contributed by atoms with E-state index in [0.29, 0.717) is 8.64 Å². The van der Waals surface area contributed by atoms with Crippen molar-refractivity contribution in [2.75, 3.05) is 0 Å². The van der Waals surface area contributed by atoms with Crippen molar-refractivity contribution in [2.45, 2.75) is 27.7 Å². The zero-order chi connectivity index (χ0) is 28.1. The summed E-state index contributed by atoms with van der Waals surface area (Å²) in [5.74, 6) is 0. The molecule has 2 nitrogen and oxygen atoms in total. The first-order valence-electron chi connectivity index (χ1n) is 11.8. The van der Waals surface area contributed by atoms with Crippen molar-refractivity contribution >= 4 is 107 Å². The number of hydrogen-bond donors (Lipinski definition) is 0. The van der Waals surface area contributed by atoms with Gasteiger partial charge in [0.15, 0.2) is 0 Å². The third kappa shape index (κ3) is 7.15. The summed E-state index contributed by atoms with van der Waals surface area (Å²) < 4.78 is 0.644. The average molecular weight is 674 g/mol. The van der Waals surface area contributed by atoms with Gasteiger partial charge in [0.05, 0.1) is 0 Å². The predicted octanol–water partition coefficient (Wildman–Crippen LogP) is 8.47. The van der Waals surface area contributed by atoms with Crippen LogP contribution < -0.4 is 7.78 Å². The fourth-order valence-electron chi connectivity index (χ4n) is 4.32. The third-order valence-corrected chi connectivity index (χ3v) is 9.04. The summed E-state index contributed by atoms with van der Waals surface area (Å²) in [4.78, 5) is 0. The Morgan fingerprint density at radius 3 is 0.795 bits per heavy atom. The van der Waals surface area contributed by atoms with Gasteiger partial charge in [-0.2, -0.15) is 0 Å². The minimum atomic E-state index is -0.0238. The van der Waals surface area contributed by atoms with Crippen LogP contribution >= 0.6 is 24.4 Å². The van der Waals surface area contributed by atoms with Crippen molar-refractivity contribution in [3.8, 4) is 0 Å². The number of aryl methyl sites for hydroxylation is 4. The molecule has 0 amide bonds. The maximum absolute atomic E-state index is 5.83. The molecular formula is C30H28N2S6Zn. The van der Waals surface area contributed by atoms with E-state index in [2.05, 4.69) is 0 Å². The van der Waals surface area contributed by atoms with Crippen LogP contribution in [0.5, 0.6) is 0 Å². The van der Waals surface area contributed by atoms with Crippen LogP contribution in [0.2, 0.25) is 0 Å². The summed E-state index contributed by atoms with van der Waals surface area (Å²) in [5, 5.41) is 0. The van der Waals surface area contributed by atoms with Crippen molar-refractivity contribution in [2.24, 2.45) is 0 Å². The molecule has 0 unspecified atom stereocenters. The fourth-order valence-corrected chi connectivity index (χ4v) is 5.93. The van der Waals surface area contributed by atoms with Gasteiger partial charge in [-0.25, -0.2) is 0 Å². The summed E-state index contributed by atoms with van der Waals surface area (Å²) in [7, 11) is 0. The molecule has 0 N–H and O–H groups in total. The molecule has 0 atom stereocenters. The second-order valence-electron chi connectivity index (χ2n) is 8.90. The van der Waals surface area contributed by atoms with Gasteiger partial charge in [0.25, 0.3) is 0 Å². The van der Waals surface area contributed by atoms with E-state index in [1.165, 1.54) is 0 Å². The molecule has 4 rings (SSSR count). The molecule has 0 radical (unpaired) electrons. The van der Waals surface area contributed by atoms with Crippen molar-refractivity contribution in [1.29, 1.82) is 0 Å². The van der Waals surface area contributed by atoms with Gasteiger partial charge in [-0.1, -0.05) is 72.8 Å². The topological polar surface area (TPSA) is 0 Å². The Kier molecular flexibility index (Phi) is 12.7. The van der Waals surface area contributed by atoms with E-state index in [0.717, 1.165) is 45.0 Å². The number of hydrogen-bond acceptors (Lipinski definition) is 6. The Bertz CT molecular complexity index is 1270. The fraction of sp³-hybridized carbons (Fsp3) is 0.133. The maximum Gasteiger partial charge on any atom is 2.00 e. The monoisotopic (exact) mass is 672 g/mol. The maximum atomic E-state index is 5.83. The van der Waals surface area contributed by atoms with Crippen LogP contribution in [0.4, 0.5) is 22.7 Å². The van der Waals surface area contributed by atoms with Crippen LogP contribution in [-0.2, 0) is 70.4 Å². The first kappa shape index (κ1) is 33.9. The van der Waals surface area contributed by atoms with E-state index in [-0.39, 0.29) is 27.3 Å². The number of para-hydroxylation sites is 4. The molecule has 9 heteroatoms. The summed E-state index contributed by atoms with van der Waals surface area (Å²) >= 11 is 32.8. The number of nitrogens with zero attached hydrogens (tertiary/aromatic N) is 2. The molecule has 0 aliphatic carbocycles. The van der Waals surface area contributed by atoms with Crippen LogP contribution in [0.3, 0.4) is 0 Å². The summed E-state index contributed by atoms with van der Waals surface area (Å²) in [6, 6.07) is 31.9. The zero-order valence-corrected chi connectivity index (χ0v) is 30.2. The standard InChI is InChI=1S/2C15H15NS3.Zn/c2*1-11-7-3-5-9-13(11)16(19,15(17)18)14-10-6-4-8-12(14)2;/h2*3-10H,1-2H3,(H,17,18);/q;;+2/p-2. The molecule has 196 valence electrons. The van der Waals surface area contributed by atoms with Gasteiger partial charge < -0.3 is 83.1 Å². The van der Waals surface area contributed by atoms with Crippen molar-refractivity contribution < 1.29 is 19.5 Å². The van der Waals surface area contributed by atoms with Crippen molar-refractivity contribution in [3.63, 3.8) is 0 Å². The van der Waals surface area contributed by atoms with Crippen LogP contribution in [0.1, 0.15) is 22.3 Å². The van der Waals surface area contributed by atoms with E-state index in [4.69, 9.17) is 75.3 Å². The van der Waals surface area contributed by atoms with Crippen LogP contribution in [0, 0.1) is 27.7 Å². The Balaban J connectivity index is 0.000000267. The SMILES string of the molecule is Cc1ccccc1[N+]([S-])(C(=S)[S-])c1ccccc1C.Cc1ccccc1[N+]([S-])(C(=S)[S-])c1ccccc1C.[Zn+2]. The second-order valence-corrected chi connectivity index (χ2v) is 12.1. The molecule has 4 aromatic carbocycles. The van der Waals surface area contributed by atoms with Gasteiger partial charge in [-0.05, 0) is 52.0 Å². The normalized spacial score (nSPS) is 11.0. The first-order chi connectivity index (χ1) is 18.0. The molecule has 0 aliphatic heterocycles. The smallest absolute Gasteiger partial charge is 0.477 e. The zero-order valence-electron chi connectivity index (χ0n) is 22.3. The van der Waals surface area contributed by atoms with Crippen LogP contribution in [0.25, 0.3) is 0 Å². The molecule has 0 heterocycles. The summed E-state index contributed by atoms with van der Waals surface area (Å²) in [6.07, 6.45) is 0. The van der Waals surface area contributed by atoms with E-state index in [1.807, 2.05) is 125 Å². The average Bonchev–Trinajstić information content (AvgIpc) is 2.89. The molecule has 0 aliphatic rings. The summed E-state index contributed by atoms with van der Waals surface area (Å²) in [5.41, 5.74) is 8.17. The molecule has 39 heavy (non-hydrogen) atoms. The molecule has 0 fully saturated rings. The Hall–Kier alpha value is -1.26. The number of rotatable bonds is 4. The number of benzene rings is 4. The van der Waals surface area contributed by atoms with Crippen molar-refractivity contribution in [1.82, 2.24) is 7.78 Å². The van der Waals surface area contributed by atoms with E-state index in [9.17, 15) is 0 Å². The quantitative estimate of drug-likeness (QED) is 0.0916. The summed E-state index contributed by atoms with van der Waals surface area (Å²) in [6.45, 7) is 8.11. The van der Waals surface area contributed by atoms with Gasteiger partial charge >= 0.3 is 19.5 Å². The molecule has 0 saturated heterocycles. The second kappa shape index (κ2) is 14.6. The predicted molar refractivity (Wildman–Crippen MR) is 182 cm³/mol. The van der Waals surface area contributed by atoms with E-state index >= 15 is 0 Å². The van der Waals surface area contributed by atoms with Gasteiger partial charge in [-0.15, -0.1) is 0 Å². The van der Waals surface area contributed by atoms with Gasteiger partial charge in [0.1, 0.15) is 22.7 Å². The van der Waals surface area contributed by atoms with Crippen LogP contribution in [-0.4, -0.2) is 8.64 Å². The molecule has 0 saturated carbocycles. The molecular weight excluding hydrogens is 646 g/mol. The Labute approximate surface area is 278 Å². The van der Waals surface area contributed by atoms with Crippen molar-refractivity contribution in [3.05, 3.63) is 119 Å². The Morgan fingerprint density at radius 1 is 0.462 bits per heavy atom. The third-order valence-electron chi connectivity index (χ3n) is 6.33. The van der Waals surface area contributed by atoms with E-state index in [1.54, 1.807) is 0 Å². The minimum Gasteiger partial charge on any atom is -0.477 e. The minimum absolute atomic E-state index is 0. The van der Waals surface area contributed by atoms with Crippen LogP contribution in [0.15, 0.2) is 97.1 Å². The molecule has 4 aromatic rings. The molecule has 0 spiro atoms. The number of thiocarbonyl (C=S) groups is 2. The van der Waals surface area contributed by atoms with Gasteiger partial charge in [0, 0.05) is 30.9 Å². The molecule has 0 aromatic heterocycles. The Morgan fingerprint density at radius 2 is 0.641 bits per heavy atom. The van der Waals surface area contributed by atoms with Gasteiger partial charge in [-0.3, -0.25) is 0 Å². The number of quaternary nitrogens is 2.